The Hall–Kier alpha value is -1.96. The van der Waals surface area contributed by atoms with E-state index in [-0.39, 0.29) is 0 Å². The minimum atomic E-state index is 0.392. The average molecular weight is 272 g/mol. The van der Waals surface area contributed by atoms with E-state index in [1.807, 2.05) is 59.7 Å². The molecule has 0 aliphatic carbocycles. The highest BCUT2D eigenvalue weighted by atomic mass is 16.3. The highest BCUT2D eigenvalue weighted by Gasteiger charge is 2.00. The van der Waals surface area contributed by atoms with Crippen LogP contribution in [0.4, 0.5) is 0 Å². The van der Waals surface area contributed by atoms with Crippen LogP contribution in [0.3, 0.4) is 0 Å². The van der Waals surface area contributed by atoms with Gasteiger partial charge in [-0.2, -0.15) is 0 Å². The molecule has 0 atom stereocenters. The van der Waals surface area contributed by atoms with E-state index in [4.69, 9.17) is 0 Å². The van der Waals surface area contributed by atoms with Crippen LogP contribution in [-0.4, -0.2) is 10.2 Å². The Bertz CT molecular complexity index is 536. The predicted octanol–water partition coefficient (Wildman–Crippen LogP) is 4.63. The molecule has 0 radical (unpaired) electrons. The first kappa shape index (κ1) is 16.1. The average Bonchev–Trinajstić information content (AvgIpc) is 2.39. The Morgan fingerprint density at radius 2 is 1.10 bits per heavy atom. The largest absolute Gasteiger partial charge is 0.508 e. The van der Waals surface area contributed by atoms with Gasteiger partial charge in [-0.05, 0) is 81.0 Å². The molecular formula is C18H24O2. The fourth-order valence-electron chi connectivity index (χ4n) is 1.88. The summed E-state index contributed by atoms with van der Waals surface area (Å²) in [7, 11) is 0. The van der Waals surface area contributed by atoms with Crippen LogP contribution in [0.2, 0.25) is 0 Å². The molecule has 2 aromatic rings. The first-order valence-corrected chi connectivity index (χ1v) is 6.76. The molecule has 108 valence electrons. The van der Waals surface area contributed by atoms with E-state index in [0.717, 1.165) is 27.8 Å². The molecule has 0 aromatic heterocycles. The summed E-state index contributed by atoms with van der Waals surface area (Å²) < 4.78 is 0. The number of rotatable bonds is 0. The van der Waals surface area contributed by atoms with E-state index in [1.165, 1.54) is 5.56 Å². The summed E-state index contributed by atoms with van der Waals surface area (Å²) in [6.07, 6.45) is 0. The molecule has 0 fully saturated rings. The molecule has 0 bridgehead atoms. The van der Waals surface area contributed by atoms with Crippen molar-refractivity contribution in [2.75, 3.05) is 0 Å². The minimum absolute atomic E-state index is 0.392. The van der Waals surface area contributed by atoms with Gasteiger partial charge < -0.3 is 10.2 Å². The lowest BCUT2D eigenvalue weighted by Gasteiger charge is -2.04. The fourth-order valence-corrected chi connectivity index (χ4v) is 1.88. The number of hydrogen-bond donors (Lipinski definition) is 2. The quantitative estimate of drug-likeness (QED) is 0.733. The van der Waals surface area contributed by atoms with Crippen molar-refractivity contribution in [3.05, 3.63) is 57.6 Å². The maximum absolute atomic E-state index is 9.39. The van der Waals surface area contributed by atoms with Crippen molar-refractivity contribution in [2.45, 2.75) is 41.5 Å². The SMILES string of the molecule is Cc1cc(C)c(O)cc1C.Cc1ccc(C)c(O)c1C. The van der Waals surface area contributed by atoms with Gasteiger partial charge in [0, 0.05) is 0 Å². The zero-order valence-corrected chi connectivity index (χ0v) is 13.2. The van der Waals surface area contributed by atoms with Crippen LogP contribution in [0, 0.1) is 41.5 Å². The third-order valence-corrected chi connectivity index (χ3v) is 3.72. The molecule has 2 aromatic carbocycles. The van der Waals surface area contributed by atoms with Gasteiger partial charge in [0.05, 0.1) is 0 Å². The Morgan fingerprint density at radius 1 is 0.600 bits per heavy atom. The van der Waals surface area contributed by atoms with Crippen LogP contribution >= 0.6 is 0 Å². The maximum Gasteiger partial charge on any atom is 0.121 e. The first-order chi connectivity index (χ1) is 9.23. The van der Waals surface area contributed by atoms with Gasteiger partial charge in [-0.15, -0.1) is 0 Å². The zero-order valence-electron chi connectivity index (χ0n) is 13.2. The standard InChI is InChI=1S/2C9H12O/c1-6-4-8(3)9(10)5-7(6)2;1-6-4-5-7(2)9(10)8(6)3/h2*4-5,10H,1-3H3. The molecule has 0 heterocycles. The molecule has 0 amide bonds. The van der Waals surface area contributed by atoms with Crippen molar-refractivity contribution in [1.29, 1.82) is 0 Å². The summed E-state index contributed by atoms with van der Waals surface area (Å²) in [5, 5.41) is 18.6. The van der Waals surface area contributed by atoms with Crippen molar-refractivity contribution < 1.29 is 10.2 Å². The van der Waals surface area contributed by atoms with Gasteiger partial charge in [-0.3, -0.25) is 0 Å². The molecule has 0 saturated heterocycles. The van der Waals surface area contributed by atoms with Gasteiger partial charge in [0.2, 0.25) is 0 Å². The summed E-state index contributed by atoms with van der Waals surface area (Å²) in [5.74, 6) is 0.822. The van der Waals surface area contributed by atoms with Crippen LogP contribution in [-0.2, 0) is 0 Å². The van der Waals surface area contributed by atoms with E-state index in [9.17, 15) is 10.2 Å². The second-order valence-corrected chi connectivity index (χ2v) is 5.40. The van der Waals surface area contributed by atoms with Gasteiger partial charge in [0.1, 0.15) is 11.5 Å². The molecule has 0 aliphatic heterocycles. The summed E-state index contributed by atoms with van der Waals surface area (Å²) >= 11 is 0. The van der Waals surface area contributed by atoms with Gasteiger partial charge in [-0.25, -0.2) is 0 Å². The first-order valence-electron chi connectivity index (χ1n) is 6.76. The molecule has 0 aliphatic rings. The Balaban J connectivity index is 0.000000200. The molecule has 2 nitrogen and oxygen atoms in total. The third-order valence-electron chi connectivity index (χ3n) is 3.72. The summed E-state index contributed by atoms with van der Waals surface area (Å²) in [5.41, 5.74) is 6.40. The minimum Gasteiger partial charge on any atom is -0.508 e. The Kier molecular flexibility index (Phi) is 5.20. The van der Waals surface area contributed by atoms with E-state index in [1.54, 1.807) is 6.07 Å². The lowest BCUT2D eigenvalue weighted by Crippen LogP contribution is -1.83. The molecule has 20 heavy (non-hydrogen) atoms. The van der Waals surface area contributed by atoms with Crippen molar-refractivity contribution in [3.8, 4) is 11.5 Å². The number of aromatic hydroxyl groups is 2. The van der Waals surface area contributed by atoms with Crippen LogP contribution < -0.4 is 0 Å². The molecular weight excluding hydrogens is 248 g/mol. The van der Waals surface area contributed by atoms with E-state index >= 15 is 0 Å². The number of benzene rings is 2. The summed E-state index contributed by atoms with van der Waals surface area (Å²) in [6, 6.07) is 7.73. The molecule has 0 spiro atoms. The van der Waals surface area contributed by atoms with Crippen LogP contribution in [0.5, 0.6) is 11.5 Å². The lowest BCUT2D eigenvalue weighted by molar-refractivity contribution is 0.466. The molecule has 0 unspecified atom stereocenters. The van der Waals surface area contributed by atoms with E-state index in [0.29, 0.717) is 11.5 Å². The monoisotopic (exact) mass is 272 g/mol. The van der Waals surface area contributed by atoms with Crippen molar-refractivity contribution >= 4 is 0 Å². The topological polar surface area (TPSA) is 40.5 Å². The Labute approximate surface area is 121 Å². The fraction of sp³-hybridized carbons (Fsp3) is 0.333. The number of hydrogen-bond acceptors (Lipinski definition) is 2. The highest BCUT2D eigenvalue weighted by Crippen LogP contribution is 2.23. The van der Waals surface area contributed by atoms with Crippen LogP contribution in [0.15, 0.2) is 24.3 Å². The second kappa shape index (κ2) is 6.47. The molecule has 2 N–H and O–H groups in total. The summed E-state index contributed by atoms with van der Waals surface area (Å²) in [4.78, 5) is 0. The molecule has 0 saturated carbocycles. The molecule has 2 heteroatoms. The van der Waals surface area contributed by atoms with Crippen LogP contribution in [0.25, 0.3) is 0 Å². The lowest BCUT2D eigenvalue weighted by atomic mass is 10.1. The maximum atomic E-state index is 9.39. The highest BCUT2D eigenvalue weighted by molar-refractivity contribution is 5.43. The number of phenols is 2. The number of aryl methyl sites for hydroxylation is 5. The zero-order chi connectivity index (χ0) is 15.4. The molecule has 2 rings (SSSR count). The predicted molar refractivity (Wildman–Crippen MR) is 84.6 cm³/mol. The number of phenolic OH excluding ortho intramolecular Hbond substituents is 2. The van der Waals surface area contributed by atoms with Gasteiger partial charge >= 0.3 is 0 Å². The van der Waals surface area contributed by atoms with Crippen LogP contribution in [0.1, 0.15) is 33.4 Å². The van der Waals surface area contributed by atoms with Gasteiger partial charge in [-0.1, -0.05) is 18.2 Å². The van der Waals surface area contributed by atoms with Crippen molar-refractivity contribution in [1.82, 2.24) is 0 Å². The second-order valence-electron chi connectivity index (χ2n) is 5.40. The normalized spacial score (nSPS) is 9.90. The van der Waals surface area contributed by atoms with E-state index < -0.39 is 0 Å². The Morgan fingerprint density at radius 3 is 1.60 bits per heavy atom. The van der Waals surface area contributed by atoms with Crippen molar-refractivity contribution in [3.63, 3.8) is 0 Å². The van der Waals surface area contributed by atoms with Gasteiger partial charge in [0.25, 0.3) is 0 Å². The van der Waals surface area contributed by atoms with Gasteiger partial charge in [0.15, 0.2) is 0 Å². The summed E-state index contributed by atoms with van der Waals surface area (Å²) in [6.45, 7) is 11.8. The van der Waals surface area contributed by atoms with Crippen molar-refractivity contribution in [2.24, 2.45) is 0 Å². The smallest absolute Gasteiger partial charge is 0.121 e. The third kappa shape index (κ3) is 3.77. The van der Waals surface area contributed by atoms with E-state index in [2.05, 4.69) is 0 Å².